The molecule has 2 aromatic heterocycles. The van der Waals surface area contributed by atoms with Gasteiger partial charge >= 0.3 is 0 Å². The number of fused-ring (bicyclic) bond motifs is 3. The Morgan fingerprint density at radius 1 is 0.544 bits per heavy atom. The summed E-state index contributed by atoms with van der Waals surface area (Å²) >= 11 is 5.67. The summed E-state index contributed by atoms with van der Waals surface area (Å²) in [6, 6.07) is 45.8. The van der Waals surface area contributed by atoms with Crippen LogP contribution in [-0.2, 0) is 5.41 Å². The van der Waals surface area contributed by atoms with Crippen LogP contribution in [0.5, 0.6) is 11.5 Å². The molecule has 9 heteroatoms. The topological polar surface area (TPSA) is 36.8 Å². The first-order chi connectivity index (χ1) is 27.8. The van der Waals surface area contributed by atoms with Crippen LogP contribution in [0.4, 0.5) is 28.4 Å². The van der Waals surface area contributed by atoms with Crippen LogP contribution in [0.3, 0.4) is 0 Å². The molecule has 0 amide bonds. The fraction of sp³-hybridized carbons (Fsp3) is 0.104. The van der Waals surface area contributed by atoms with Gasteiger partial charge in [0.2, 0.25) is 0 Å². The zero-order chi connectivity index (χ0) is 38.0. The smallest absolute Gasteiger partial charge is 0.137 e. The number of ether oxygens (including phenoxy) is 1. The molecule has 276 valence electrons. The zero-order valence-corrected chi connectivity index (χ0v) is 33.9. The summed E-state index contributed by atoms with van der Waals surface area (Å²) in [6.07, 6.45) is 6.27. The minimum absolute atomic E-state index is 0.00793. The lowest BCUT2D eigenvalue weighted by atomic mass is 9.88. The van der Waals surface area contributed by atoms with E-state index in [1.807, 2.05) is 47.5 Å². The number of rotatable bonds is 5. The van der Waals surface area contributed by atoms with E-state index in [0.717, 1.165) is 34.0 Å². The van der Waals surface area contributed by atoms with Gasteiger partial charge in [-0.25, -0.2) is 4.98 Å². The third-order valence-electron chi connectivity index (χ3n) is 11.2. The van der Waals surface area contributed by atoms with E-state index in [-0.39, 0.29) is 5.41 Å². The summed E-state index contributed by atoms with van der Waals surface area (Å²) in [4.78, 5) is 19.9. The van der Waals surface area contributed by atoms with E-state index in [0.29, 0.717) is 6.67 Å². The van der Waals surface area contributed by atoms with Gasteiger partial charge in [-0.2, -0.15) is 0 Å². The SMILES string of the molecule is CC(C)(C)c1ccnc(-n2c3ccccc3c3ccc(Oc4cccc(N5C=CN(c6cc7c8c(c6)Sc6cccc9c6N8c6c(cccc6S7)S9)C5)c4)cc32)c1. The number of para-hydroxylation sites is 3. The average Bonchev–Trinajstić information content (AvgIpc) is 3.84. The van der Waals surface area contributed by atoms with Crippen LogP contribution in [-0.4, -0.2) is 16.2 Å². The fourth-order valence-corrected chi connectivity index (χ4v) is 12.1. The number of aromatic nitrogens is 2. The fourth-order valence-electron chi connectivity index (χ4n) is 8.46. The van der Waals surface area contributed by atoms with E-state index in [4.69, 9.17) is 9.72 Å². The number of anilines is 5. The molecule has 0 saturated heterocycles. The highest BCUT2D eigenvalue weighted by molar-refractivity contribution is 8.01. The molecule has 6 heterocycles. The summed E-state index contributed by atoms with van der Waals surface area (Å²) < 4.78 is 8.89. The molecule has 0 unspecified atom stereocenters. The Labute approximate surface area is 343 Å². The summed E-state index contributed by atoms with van der Waals surface area (Å²) in [6.45, 7) is 7.42. The monoisotopic (exact) mass is 793 g/mol. The van der Waals surface area contributed by atoms with E-state index < -0.39 is 0 Å². The van der Waals surface area contributed by atoms with Gasteiger partial charge in [-0.3, -0.25) is 4.57 Å². The van der Waals surface area contributed by atoms with Gasteiger partial charge in [0.25, 0.3) is 0 Å². The zero-order valence-electron chi connectivity index (χ0n) is 31.4. The Balaban J connectivity index is 0.842. The summed E-state index contributed by atoms with van der Waals surface area (Å²) in [5.74, 6) is 2.47. The molecule has 0 radical (unpaired) electrons. The normalized spacial score (nSPS) is 14.8. The molecule has 4 aliphatic rings. The summed E-state index contributed by atoms with van der Waals surface area (Å²) in [7, 11) is 0. The Bertz CT molecular complexity index is 2960. The lowest BCUT2D eigenvalue weighted by molar-refractivity contribution is 0.483. The standard InChI is InChI=1S/C48H35N5OS3/c1-48(2,3)29-19-20-49-44(23-29)52-36-12-5-4-11-34(36)35-18-17-33(27-37(35)52)54-32-10-6-9-30(24-32)50-21-22-51(28-50)31-25-42-47-43(26-31)57-41-16-8-14-39-46(41)53(47)45-38(55-39)13-7-15-40(45)56-42/h4-27H,28H2,1-3H3. The molecule has 0 fully saturated rings. The molecule has 0 spiro atoms. The second-order valence-electron chi connectivity index (χ2n) is 15.8. The number of hydrogen-bond acceptors (Lipinski definition) is 8. The van der Waals surface area contributed by atoms with Gasteiger partial charge in [-0.05, 0) is 89.8 Å². The second-order valence-corrected chi connectivity index (χ2v) is 19.1. The molecule has 0 N–H and O–H groups in total. The minimum Gasteiger partial charge on any atom is -0.457 e. The largest absolute Gasteiger partial charge is 0.457 e. The molecular formula is C48H35N5OS3. The van der Waals surface area contributed by atoms with Gasteiger partial charge < -0.3 is 19.4 Å². The van der Waals surface area contributed by atoms with Crippen molar-refractivity contribution in [1.29, 1.82) is 0 Å². The molecule has 0 atom stereocenters. The number of benzene rings is 6. The predicted molar refractivity (Wildman–Crippen MR) is 236 cm³/mol. The third kappa shape index (κ3) is 5.25. The lowest BCUT2D eigenvalue weighted by Gasteiger charge is -2.43. The van der Waals surface area contributed by atoms with Crippen molar-refractivity contribution < 1.29 is 4.74 Å². The quantitative estimate of drug-likeness (QED) is 0.171. The molecule has 12 rings (SSSR count). The highest BCUT2D eigenvalue weighted by Crippen LogP contribution is 2.66. The Kier molecular flexibility index (Phi) is 7.25. The first-order valence-electron chi connectivity index (χ1n) is 19.1. The Hall–Kier alpha value is -5.74. The van der Waals surface area contributed by atoms with Crippen molar-refractivity contribution >= 4 is 85.5 Å². The van der Waals surface area contributed by atoms with Gasteiger partial charge in [-0.1, -0.05) is 92.5 Å². The summed E-state index contributed by atoms with van der Waals surface area (Å²) in [5.41, 5.74) is 9.67. The maximum Gasteiger partial charge on any atom is 0.137 e. The summed E-state index contributed by atoms with van der Waals surface area (Å²) in [5, 5.41) is 2.36. The maximum absolute atomic E-state index is 6.63. The van der Waals surface area contributed by atoms with Crippen LogP contribution in [0.1, 0.15) is 26.3 Å². The van der Waals surface area contributed by atoms with E-state index >= 15 is 0 Å². The van der Waals surface area contributed by atoms with Crippen molar-refractivity contribution in [2.75, 3.05) is 21.4 Å². The van der Waals surface area contributed by atoms with E-state index in [2.05, 4.69) is 174 Å². The molecule has 8 aromatic rings. The van der Waals surface area contributed by atoms with Crippen LogP contribution in [0.25, 0.3) is 27.6 Å². The molecule has 6 nitrogen and oxygen atoms in total. The van der Waals surface area contributed by atoms with Crippen molar-refractivity contribution in [2.45, 2.75) is 55.6 Å². The van der Waals surface area contributed by atoms with Gasteiger partial charge in [-0.15, -0.1) is 0 Å². The molecular weight excluding hydrogens is 759 g/mol. The van der Waals surface area contributed by atoms with Gasteiger partial charge in [0.1, 0.15) is 17.3 Å². The minimum atomic E-state index is 0.00793. The molecule has 6 aromatic carbocycles. The van der Waals surface area contributed by atoms with Gasteiger partial charge in [0.05, 0.1) is 34.8 Å². The van der Waals surface area contributed by atoms with E-state index in [1.54, 1.807) is 0 Å². The van der Waals surface area contributed by atoms with E-state index in [1.165, 1.54) is 68.5 Å². The van der Waals surface area contributed by atoms with Crippen LogP contribution in [0, 0.1) is 0 Å². The van der Waals surface area contributed by atoms with Crippen molar-refractivity contribution in [2.24, 2.45) is 0 Å². The predicted octanol–water partition coefficient (Wildman–Crippen LogP) is 13.9. The molecule has 0 saturated carbocycles. The first kappa shape index (κ1) is 33.4. The van der Waals surface area contributed by atoms with E-state index in [9.17, 15) is 0 Å². The van der Waals surface area contributed by atoms with Gasteiger partial charge in [0.15, 0.2) is 0 Å². The van der Waals surface area contributed by atoms with Crippen LogP contribution < -0.4 is 19.4 Å². The van der Waals surface area contributed by atoms with Crippen molar-refractivity contribution in [3.8, 4) is 17.3 Å². The molecule has 57 heavy (non-hydrogen) atoms. The first-order valence-corrected chi connectivity index (χ1v) is 21.6. The van der Waals surface area contributed by atoms with Gasteiger partial charge in [0, 0.05) is 82.2 Å². The Morgan fingerprint density at radius 2 is 1.16 bits per heavy atom. The number of hydrogen-bond donors (Lipinski definition) is 0. The van der Waals surface area contributed by atoms with Crippen molar-refractivity contribution in [3.05, 3.63) is 152 Å². The molecule has 0 bridgehead atoms. The second kappa shape index (κ2) is 12.4. The van der Waals surface area contributed by atoms with Crippen LogP contribution >= 0.6 is 35.3 Å². The Morgan fingerprint density at radius 3 is 1.88 bits per heavy atom. The average molecular weight is 794 g/mol. The highest BCUT2D eigenvalue weighted by atomic mass is 32.2. The number of pyridine rings is 1. The lowest BCUT2D eigenvalue weighted by Crippen LogP contribution is -2.26. The van der Waals surface area contributed by atoms with Crippen LogP contribution in [0.15, 0.2) is 175 Å². The molecule has 4 aliphatic heterocycles. The van der Waals surface area contributed by atoms with Crippen LogP contribution in [0.2, 0.25) is 0 Å². The highest BCUT2D eigenvalue weighted by Gasteiger charge is 2.39. The molecule has 0 aliphatic carbocycles. The third-order valence-corrected chi connectivity index (χ3v) is 14.5. The number of nitrogens with zero attached hydrogens (tertiary/aromatic N) is 5. The van der Waals surface area contributed by atoms with Crippen molar-refractivity contribution in [3.63, 3.8) is 0 Å². The maximum atomic E-state index is 6.63. The van der Waals surface area contributed by atoms with Crippen molar-refractivity contribution in [1.82, 2.24) is 9.55 Å².